The SMILES string of the molecule is CC(C)(C)c1cnc(Cn2cnc(C#N)c2C#N)o1. The Bertz CT molecular complexity index is 675. The van der Waals surface area contributed by atoms with E-state index in [1.54, 1.807) is 10.8 Å². The molecule has 0 aromatic carbocycles. The van der Waals surface area contributed by atoms with E-state index in [9.17, 15) is 0 Å². The van der Waals surface area contributed by atoms with E-state index in [1.165, 1.54) is 6.33 Å². The lowest BCUT2D eigenvalue weighted by molar-refractivity contribution is 0.376. The molecule has 0 radical (unpaired) electrons. The lowest BCUT2D eigenvalue weighted by Gasteiger charge is -2.13. The molecule has 0 bridgehead atoms. The predicted molar refractivity (Wildman–Crippen MR) is 66.0 cm³/mol. The molecule has 0 unspecified atom stereocenters. The number of rotatable bonds is 2. The van der Waals surface area contributed by atoms with Crippen molar-refractivity contribution in [2.75, 3.05) is 0 Å². The molecule has 2 aromatic heterocycles. The van der Waals surface area contributed by atoms with Gasteiger partial charge in [0.1, 0.15) is 24.4 Å². The van der Waals surface area contributed by atoms with Crippen molar-refractivity contribution < 1.29 is 4.42 Å². The van der Waals surface area contributed by atoms with Crippen molar-refractivity contribution in [2.24, 2.45) is 0 Å². The van der Waals surface area contributed by atoms with Gasteiger partial charge in [-0.15, -0.1) is 0 Å². The first kappa shape index (κ1) is 12.8. The zero-order valence-electron chi connectivity index (χ0n) is 11.0. The van der Waals surface area contributed by atoms with Crippen molar-refractivity contribution in [3.63, 3.8) is 0 Å². The van der Waals surface area contributed by atoms with Gasteiger partial charge in [-0.2, -0.15) is 10.5 Å². The summed E-state index contributed by atoms with van der Waals surface area (Å²) in [6.45, 7) is 6.38. The van der Waals surface area contributed by atoms with Crippen LogP contribution in [0.25, 0.3) is 0 Å². The third kappa shape index (κ3) is 2.48. The molecule has 0 saturated carbocycles. The molecule has 0 saturated heterocycles. The van der Waals surface area contributed by atoms with Gasteiger partial charge in [-0.1, -0.05) is 20.8 Å². The molecular formula is C13H13N5O. The molecule has 2 heterocycles. The highest BCUT2D eigenvalue weighted by molar-refractivity contribution is 5.36. The number of aromatic nitrogens is 3. The van der Waals surface area contributed by atoms with Gasteiger partial charge < -0.3 is 8.98 Å². The smallest absolute Gasteiger partial charge is 0.214 e. The largest absolute Gasteiger partial charge is 0.443 e. The van der Waals surface area contributed by atoms with Crippen molar-refractivity contribution in [2.45, 2.75) is 32.7 Å². The third-order valence-corrected chi connectivity index (χ3v) is 2.65. The quantitative estimate of drug-likeness (QED) is 0.817. The van der Waals surface area contributed by atoms with E-state index in [1.807, 2.05) is 32.9 Å². The Kier molecular flexibility index (Phi) is 3.10. The fraction of sp³-hybridized carbons (Fsp3) is 0.385. The summed E-state index contributed by atoms with van der Waals surface area (Å²) < 4.78 is 7.19. The Morgan fingerprint density at radius 3 is 2.53 bits per heavy atom. The second-order valence-corrected chi connectivity index (χ2v) is 5.16. The van der Waals surface area contributed by atoms with E-state index in [4.69, 9.17) is 14.9 Å². The number of hydrogen-bond acceptors (Lipinski definition) is 5. The van der Waals surface area contributed by atoms with Gasteiger partial charge in [0.15, 0.2) is 11.4 Å². The van der Waals surface area contributed by atoms with Crippen molar-refractivity contribution in [3.8, 4) is 12.1 Å². The lowest BCUT2D eigenvalue weighted by Crippen LogP contribution is -2.09. The van der Waals surface area contributed by atoms with E-state index < -0.39 is 0 Å². The van der Waals surface area contributed by atoms with Gasteiger partial charge in [-0.05, 0) is 0 Å². The van der Waals surface area contributed by atoms with Crippen LogP contribution in [0.4, 0.5) is 0 Å². The summed E-state index contributed by atoms with van der Waals surface area (Å²) in [4.78, 5) is 8.05. The molecule has 6 heteroatoms. The minimum absolute atomic E-state index is 0.115. The topological polar surface area (TPSA) is 91.4 Å². The third-order valence-electron chi connectivity index (χ3n) is 2.65. The average molecular weight is 255 g/mol. The van der Waals surface area contributed by atoms with E-state index in [0.717, 1.165) is 5.76 Å². The summed E-state index contributed by atoms with van der Waals surface area (Å²) in [5, 5.41) is 17.8. The van der Waals surface area contributed by atoms with Gasteiger partial charge in [-0.3, -0.25) is 0 Å². The molecule has 0 atom stereocenters. The van der Waals surface area contributed by atoms with E-state index in [2.05, 4.69) is 9.97 Å². The number of nitrogens with zero attached hydrogens (tertiary/aromatic N) is 5. The van der Waals surface area contributed by atoms with Gasteiger partial charge in [0.05, 0.1) is 12.5 Å². The first-order valence-corrected chi connectivity index (χ1v) is 5.76. The molecule has 0 amide bonds. The highest BCUT2D eigenvalue weighted by Gasteiger charge is 2.20. The molecule has 0 aliphatic carbocycles. The van der Waals surface area contributed by atoms with Crippen LogP contribution < -0.4 is 0 Å². The molecule has 2 rings (SSSR count). The van der Waals surface area contributed by atoms with Crippen LogP contribution >= 0.6 is 0 Å². The summed E-state index contributed by atoms with van der Waals surface area (Å²) in [6, 6.07) is 3.84. The van der Waals surface area contributed by atoms with Crippen LogP contribution in [0, 0.1) is 22.7 Å². The summed E-state index contributed by atoms with van der Waals surface area (Å²) >= 11 is 0. The normalized spacial score (nSPS) is 11.0. The van der Waals surface area contributed by atoms with Crippen LogP contribution in [0.15, 0.2) is 16.9 Å². The zero-order chi connectivity index (χ0) is 14.0. The highest BCUT2D eigenvalue weighted by atomic mass is 16.4. The van der Waals surface area contributed by atoms with E-state index in [0.29, 0.717) is 5.89 Å². The Balaban J connectivity index is 2.28. The highest BCUT2D eigenvalue weighted by Crippen LogP contribution is 2.23. The van der Waals surface area contributed by atoms with Crippen LogP contribution in [0.3, 0.4) is 0 Å². The molecule has 2 aromatic rings. The molecule has 0 N–H and O–H groups in total. The molecule has 0 fully saturated rings. The van der Waals surface area contributed by atoms with Gasteiger partial charge >= 0.3 is 0 Å². The van der Waals surface area contributed by atoms with Crippen LogP contribution in [0.2, 0.25) is 0 Å². The van der Waals surface area contributed by atoms with Crippen molar-refractivity contribution in [3.05, 3.63) is 35.6 Å². The maximum absolute atomic E-state index is 9.02. The molecule has 96 valence electrons. The lowest BCUT2D eigenvalue weighted by atomic mass is 9.94. The molecule has 6 nitrogen and oxygen atoms in total. The minimum atomic E-state index is -0.115. The summed E-state index contributed by atoms with van der Waals surface area (Å²) in [7, 11) is 0. The van der Waals surface area contributed by atoms with Crippen molar-refractivity contribution >= 4 is 0 Å². The van der Waals surface area contributed by atoms with E-state index >= 15 is 0 Å². The molecular weight excluding hydrogens is 242 g/mol. The van der Waals surface area contributed by atoms with Crippen molar-refractivity contribution in [1.29, 1.82) is 10.5 Å². The minimum Gasteiger partial charge on any atom is -0.443 e. The van der Waals surface area contributed by atoms with E-state index in [-0.39, 0.29) is 23.3 Å². The molecule has 0 aliphatic heterocycles. The Morgan fingerprint density at radius 1 is 1.26 bits per heavy atom. The number of hydrogen-bond donors (Lipinski definition) is 0. The predicted octanol–water partition coefficient (Wildman–Crippen LogP) is 1.96. The Labute approximate surface area is 110 Å². The molecule has 19 heavy (non-hydrogen) atoms. The maximum Gasteiger partial charge on any atom is 0.214 e. The maximum atomic E-state index is 9.02. The number of oxazole rings is 1. The summed E-state index contributed by atoms with van der Waals surface area (Å²) in [5.41, 5.74) is 0.221. The van der Waals surface area contributed by atoms with Gasteiger partial charge in [0.2, 0.25) is 5.89 Å². The first-order valence-electron chi connectivity index (χ1n) is 5.76. The van der Waals surface area contributed by atoms with Gasteiger partial charge in [0.25, 0.3) is 0 Å². The Morgan fingerprint density at radius 2 is 2.00 bits per heavy atom. The Hall–Kier alpha value is -2.60. The second kappa shape index (κ2) is 4.58. The first-order chi connectivity index (χ1) is 8.95. The second-order valence-electron chi connectivity index (χ2n) is 5.16. The summed E-state index contributed by atoms with van der Waals surface area (Å²) in [5.74, 6) is 1.27. The standard InChI is InChI=1S/C13H13N5O/c1-13(2,3)11-6-16-12(19-11)7-18-8-17-9(4-14)10(18)5-15/h6,8H,7H2,1-3H3. The number of nitriles is 2. The van der Waals surface area contributed by atoms with Crippen molar-refractivity contribution in [1.82, 2.24) is 14.5 Å². The molecule has 0 aliphatic rings. The van der Waals surface area contributed by atoms with Gasteiger partial charge in [-0.25, -0.2) is 9.97 Å². The van der Waals surface area contributed by atoms with Crippen LogP contribution in [0.5, 0.6) is 0 Å². The van der Waals surface area contributed by atoms with Crippen LogP contribution in [-0.4, -0.2) is 14.5 Å². The number of imidazole rings is 1. The van der Waals surface area contributed by atoms with Gasteiger partial charge in [0, 0.05) is 5.41 Å². The fourth-order valence-corrected chi connectivity index (χ4v) is 1.58. The average Bonchev–Trinajstić information content (AvgIpc) is 2.95. The zero-order valence-corrected chi connectivity index (χ0v) is 11.0. The van der Waals surface area contributed by atoms with Crippen LogP contribution in [-0.2, 0) is 12.0 Å². The monoisotopic (exact) mass is 255 g/mol. The molecule has 0 spiro atoms. The summed E-state index contributed by atoms with van der Waals surface area (Å²) in [6.07, 6.45) is 3.13. The van der Waals surface area contributed by atoms with Crippen LogP contribution in [0.1, 0.15) is 43.8 Å². The fourth-order valence-electron chi connectivity index (χ4n) is 1.58.